The van der Waals surface area contributed by atoms with Crippen LogP contribution in [0.5, 0.6) is 0 Å². The molecule has 0 unspecified atom stereocenters. The Balaban J connectivity index is 1.98. The van der Waals surface area contributed by atoms with Crippen molar-refractivity contribution in [1.82, 2.24) is 9.55 Å². The van der Waals surface area contributed by atoms with Crippen molar-refractivity contribution >= 4 is 5.95 Å². The Morgan fingerprint density at radius 1 is 1.50 bits per heavy atom. The number of nitrogens with two attached hydrogens (primary N) is 1. The van der Waals surface area contributed by atoms with Gasteiger partial charge in [-0.2, -0.15) is 0 Å². The first-order valence-electron chi connectivity index (χ1n) is 4.63. The number of rotatable bonds is 2. The van der Waals surface area contributed by atoms with E-state index in [1.54, 1.807) is 6.20 Å². The SMILES string of the molecule is Nc1nccn1CC1CCCC1. The van der Waals surface area contributed by atoms with Crippen LogP contribution in [0.2, 0.25) is 0 Å². The smallest absolute Gasteiger partial charge is 0.200 e. The lowest BCUT2D eigenvalue weighted by atomic mass is 10.1. The summed E-state index contributed by atoms with van der Waals surface area (Å²) in [5.41, 5.74) is 5.67. The third-order valence-corrected chi connectivity index (χ3v) is 2.68. The second-order valence-electron chi connectivity index (χ2n) is 3.59. The van der Waals surface area contributed by atoms with Crippen molar-refractivity contribution in [2.24, 2.45) is 5.92 Å². The van der Waals surface area contributed by atoms with Gasteiger partial charge in [0.15, 0.2) is 5.95 Å². The first-order chi connectivity index (χ1) is 5.86. The van der Waals surface area contributed by atoms with Crippen LogP contribution >= 0.6 is 0 Å². The third kappa shape index (κ3) is 1.44. The highest BCUT2D eigenvalue weighted by Crippen LogP contribution is 2.26. The molecule has 0 aromatic carbocycles. The van der Waals surface area contributed by atoms with Crippen molar-refractivity contribution in [3.63, 3.8) is 0 Å². The van der Waals surface area contributed by atoms with Crippen LogP contribution in [0.15, 0.2) is 12.4 Å². The average molecular weight is 165 g/mol. The van der Waals surface area contributed by atoms with Gasteiger partial charge in [-0.05, 0) is 18.8 Å². The zero-order valence-electron chi connectivity index (χ0n) is 7.24. The van der Waals surface area contributed by atoms with Crippen molar-refractivity contribution in [3.8, 4) is 0 Å². The molecule has 3 heteroatoms. The van der Waals surface area contributed by atoms with Crippen molar-refractivity contribution in [1.29, 1.82) is 0 Å². The van der Waals surface area contributed by atoms with Crippen molar-refractivity contribution in [3.05, 3.63) is 12.4 Å². The lowest BCUT2D eigenvalue weighted by Crippen LogP contribution is -2.09. The summed E-state index contributed by atoms with van der Waals surface area (Å²) < 4.78 is 2.05. The predicted molar refractivity (Wildman–Crippen MR) is 48.6 cm³/mol. The summed E-state index contributed by atoms with van der Waals surface area (Å²) in [6.07, 6.45) is 9.23. The first-order valence-corrected chi connectivity index (χ1v) is 4.63. The second kappa shape index (κ2) is 3.17. The van der Waals surface area contributed by atoms with Crippen molar-refractivity contribution in [2.75, 3.05) is 5.73 Å². The summed E-state index contributed by atoms with van der Waals surface area (Å²) in [5, 5.41) is 0. The molecule has 0 aliphatic heterocycles. The minimum absolute atomic E-state index is 0.655. The molecule has 3 nitrogen and oxygen atoms in total. The van der Waals surface area contributed by atoms with Crippen LogP contribution < -0.4 is 5.73 Å². The normalized spacial score (nSPS) is 18.7. The van der Waals surface area contributed by atoms with Gasteiger partial charge in [-0.1, -0.05) is 12.8 Å². The molecule has 0 saturated heterocycles. The third-order valence-electron chi connectivity index (χ3n) is 2.68. The summed E-state index contributed by atoms with van der Waals surface area (Å²) in [6, 6.07) is 0. The van der Waals surface area contributed by atoms with Crippen LogP contribution in [0.1, 0.15) is 25.7 Å². The average Bonchev–Trinajstić information content (AvgIpc) is 2.65. The van der Waals surface area contributed by atoms with E-state index in [2.05, 4.69) is 9.55 Å². The largest absolute Gasteiger partial charge is 0.369 e. The molecule has 1 heterocycles. The molecule has 1 aromatic heterocycles. The van der Waals surface area contributed by atoms with Crippen LogP contribution in [-0.2, 0) is 6.54 Å². The molecule has 1 aliphatic carbocycles. The number of nitrogens with zero attached hydrogens (tertiary/aromatic N) is 2. The van der Waals surface area contributed by atoms with E-state index in [9.17, 15) is 0 Å². The number of hydrogen-bond acceptors (Lipinski definition) is 2. The zero-order valence-corrected chi connectivity index (χ0v) is 7.24. The van der Waals surface area contributed by atoms with Crippen LogP contribution in [-0.4, -0.2) is 9.55 Å². The maximum absolute atomic E-state index is 5.67. The maximum atomic E-state index is 5.67. The number of anilines is 1. The van der Waals surface area contributed by atoms with E-state index >= 15 is 0 Å². The fourth-order valence-electron chi connectivity index (χ4n) is 1.97. The minimum Gasteiger partial charge on any atom is -0.369 e. The highest BCUT2D eigenvalue weighted by Gasteiger charge is 2.15. The Bertz CT molecular complexity index is 248. The van der Waals surface area contributed by atoms with Gasteiger partial charge in [-0.15, -0.1) is 0 Å². The van der Waals surface area contributed by atoms with Gasteiger partial charge >= 0.3 is 0 Å². The van der Waals surface area contributed by atoms with Crippen LogP contribution in [0.25, 0.3) is 0 Å². The van der Waals surface area contributed by atoms with E-state index in [1.165, 1.54) is 25.7 Å². The predicted octanol–water partition coefficient (Wildman–Crippen LogP) is 1.66. The standard InChI is InChI=1S/C9H15N3/c10-9-11-5-6-12(9)7-8-3-1-2-4-8/h5-6,8H,1-4,7H2,(H2,10,11). The van der Waals surface area contributed by atoms with Gasteiger partial charge in [-0.3, -0.25) is 0 Å². The molecule has 1 fully saturated rings. The molecule has 66 valence electrons. The topological polar surface area (TPSA) is 43.8 Å². The molecule has 2 rings (SSSR count). The maximum Gasteiger partial charge on any atom is 0.200 e. The number of nitrogen functional groups attached to an aromatic ring is 1. The van der Waals surface area contributed by atoms with E-state index in [0.717, 1.165) is 12.5 Å². The highest BCUT2D eigenvalue weighted by molar-refractivity contribution is 5.16. The Morgan fingerprint density at radius 3 is 2.83 bits per heavy atom. The van der Waals surface area contributed by atoms with Gasteiger partial charge in [0, 0.05) is 18.9 Å². The summed E-state index contributed by atoms with van der Waals surface area (Å²) in [4.78, 5) is 4.00. The van der Waals surface area contributed by atoms with Crippen LogP contribution in [0.3, 0.4) is 0 Å². The quantitative estimate of drug-likeness (QED) is 0.724. The fraction of sp³-hybridized carbons (Fsp3) is 0.667. The van der Waals surface area contributed by atoms with Gasteiger partial charge < -0.3 is 10.3 Å². The molecule has 12 heavy (non-hydrogen) atoms. The lowest BCUT2D eigenvalue weighted by Gasteiger charge is -2.10. The first kappa shape index (κ1) is 7.65. The van der Waals surface area contributed by atoms with E-state index in [1.807, 2.05) is 6.20 Å². The molecule has 0 spiro atoms. The molecule has 0 atom stereocenters. The Morgan fingerprint density at radius 2 is 2.25 bits per heavy atom. The summed E-state index contributed by atoms with van der Waals surface area (Å²) in [6.45, 7) is 1.06. The van der Waals surface area contributed by atoms with E-state index in [0.29, 0.717) is 5.95 Å². The van der Waals surface area contributed by atoms with E-state index < -0.39 is 0 Å². The van der Waals surface area contributed by atoms with Crippen LogP contribution in [0.4, 0.5) is 5.95 Å². The van der Waals surface area contributed by atoms with Gasteiger partial charge in [0.2, 0.25) is 0 Å². The number of imidazole rings is 1. The molecular weight excluding hydrogens is 150 g/mol. The van der Waals surface area contributed by atoms with Crippen molar-refractivity contribution < 1.29 is 0 Å². The zero-order chi connectivity index (χ0) is 8.39. The lowest BCUT2D eigenvalue weighted by molar-refractivity contribution is 0.461. The van der Waals surface area contributed by atoms with Crippen molar-refractivity contribution in [2.45, 2.75) is 32.2 Å². The minimum atomic E-state index is 0.655. The fourth-order valence-corrected chi connectivity index (χ4v) is 1.97. The number of hydrogen-bond donors (Lipinski definition) is 1. The summed E-state index contributed by atoms with van der Waals surface area (Å²) in [5.74, 6) is 1.49. The second-order valence-corrected chi connectivity index (χ2v) is 3.59. The Labute approximate surface area is 72.6 Å². The molecule has 0 bridgehead atoms. The van der Waals surface area contributed by atoms with Gasteiger partial charge in [0.25, 0.3) is 0 Å². The monoisotopic (exact) mass is 165 g/mol. The molecule has 2 N–H and O–H groups in total. The molecule has 1 aromatic rings. The molecular formula is C9H15N3. The molecule has 0 amide bonds. The van der Waals surface area contributed by atoms with Gasteiger partial charge in [-0.25, -0.2) is 4.98 Å². The summed E-state index contributed by atoms with van der Waals surface area (Å²) in [7, 11) is 0. The van der Waals surface area contributed by atoms with E-state index in [-0.39, 0.29) is 0 Å². The summed E-state index contributed by atoms with van der Waals surface area (Å²) >= 11 is 0. The molecule has 1 aliphatic rings. The van der Waals surface area contributed by atoms with Gasteiger partial charge in [0.05, 0.1) is 0 Å². The van der Waals surface area contributed by atoms with E-state index in [4.69, 9.17) is 5.73 Å². The Kier molecular flexibility index (Phi) is 2.02. The van der Waals surface area contributed by atoms with Gasteiger partial charge in [0.1, 0.15) is 0 Å². The molecule has 0 radical (unpaired) electrons. The highest BCUT2D eigenvalue weighted by atomic mass is 15.1. The molecule has 1 saturated carbocycles. The number of aromatic nitrogens is 2. The Hall–Kier alpha value is -0.990. The van der Waals surface area contributed by atoms with Crippen LogP contribution in [0, 0.1) is 5.92 Å².